The molecule has 1 atom stereocenters. The maximum Gasteiger partial charge on any atom is 0.306 e. The smallest absolute Gasteiger partial charge is 0.306 e. The van der Waals surface area contributed by atoms with Gasteiger partial charge in [-0.3, -0.25) is 4.79 Å². The topological polar surface area (TPSA) is 46.5 Å². The summed E-state index contributed by atoms with van der Waals surface area (Å²) in [5, 5.41) is 9.24. The van der Waals surface area contributed by atoms with E-state index in [-0.39, 0.29) is 5.92 Å². The van der Waals surface area contributed by atoms with Crippen molar-refractivity contribution in [2.75, 3.05) is 13.2 Å². The molecule has 0 spiro atoms. The summed E-state index contributed by atoms with van der Waals surface area (Å²) in [4.78, 5) is 11.2. The highest BCUT2D eigenvalue weighted by atomic mass is 16.5. The molecule has 1 aromatic rings. The molecule has 0 heterocycles. The third-order valence-electron chi connectivity index (χ3n) is 3.20. The molecule has 0 aliphatic rings. The average molecular weight is 264 g/mol. The molecule has 0 aromatic heterocycles. The number of aryl methyl sites for hydroxylation is 1. The van der Waals surface area contributed by atoms with Crippen LogP contribution >= 0.6 is 0 Å². The number of rotatable bonds is 9. The molecule has 1 unspecified atom stereocenters. The fourth-order valence-corrected chi connectivity index (χ4v) is 1.90. The number of carbonyl (C=O) groups is 1. The lowest BCUT2D eigenvalue weighted by Gasteiger charge is -2.12. The fourth-order valence-electron chi connectivity index (χ4n) is 1.90. The second-order valence-electron chi connectivity index (χ2n) is 4.98. The van der Waals surface area contributed by atoms with Gasteiger partial charge in [0, 0.05) is 13.2 Å². The van der Waals surface area contributed by atoms with E-state index in [1.54, 1.807) is 0 Å². The molecule has 0 amide bonds. The molecular weight excluding hydrogens is 240 g/mol. The molecule has 0 saturated heterocycles. The van der Waals surface area contributed by atoms with Crippen LogP contribution in [0.15, 0.2) is 24.3 Å². The second kappa shape index (κ2) is 8.70. The van der Waals surface area contributed by atoms with Gasteiger partial charge in [-0.25, -0.2) is 0 Å². The van der Waals surface area contributed by atoms with Crippen molar-refractivity contribution in [2.45, 2.75) is 39.5 Å². The minimum absolute atomic E-state index is 0.357. The SMILES string of the molecule is CCCCOCCC(Cc1ccc(C)cc1)C(=O)O. The Morgan fingerprint density at radius 2 is 1.95 bits per heavy atom. The van der Waals surface area contributed by atoms with Gasteiger partial charge in [-0.05, 0) is 31.7 Å². The molecule has 1 N–H and O–H groups in total. The van der Waals surface area contributed by atoms with Gasteiger partial charge in [0.1, 0.15) is 0 Å². The number of carboxylic acids is 1. The Balaban J connectivity index is 2.40. The molecule has 0 bridgehead atoms. The normalized spacial score (nSPS) is 12.3. The van der Waals surface area contributed by atoms with E-state index in [1.165, 1.54) is 5.56 Å². The van der Waals surface area contributed by atoms with Crippen molar-refractivity contribution in [3.8, 4) is 0 Å². The fraction of sp³-hybridized carbons (Fsp3) is 0.562. The van der Waals surface area contributed by atoms with Crippen molar-refractivity contribution in [3.05, 3.63) is 35.4 Å². The van der Waals surface area contributed by atoms with Crippen LogP contribution in [0.3, 0.4) is 0 Å². The first-order valence-corrected chi connectivity index (χ1v) is 6.99. The van der Waals surface area contributed by atoms with E-state index in [0.717, 1.165) is 25.0 Å². The predicted octanol–water partition coefficient (Wildman–Crippen LogP) is 3.45. The van der Waals surface area contributed by atoms with E-state index in [0.29, 0.717) is 19.4 Å². The van der Waals surface area contributed by atoms with Gasteiger partial charge in [0.25, 0.3) is 0 Å². The van der Waals surface area contributed by atoms with Gasteiger partial charge in [-0.15, -0.1) is 0 Å². The summed E-state index contributed by atoms with van der Waals surface area (Å²) in [6.07, 6.45) is 3.29. The Bertz CT molecular complexity index is 370. The molecular formula is C16H24O3. The maximum absolute atomic E-state index is 11.2. The third kappa shape index (κ3) is 6.39. The zero-order valence-corrected chi connectivity index (χ0v) is 11.9. The molecule has 0 radical (unpaired) electrons. The summed E-state index contributed by atoms with van der Waals surface area (Å²) in [7, 11) is 0. The van der Waals surface area contributed by atoms with E-state index in [4.69, 9.17) is 4.74 Å². The average Bonchev–Trinajstić information content (AvgIpc) is 2.39. The Morgan fingerprint density at radius 1 is 1.26 bits per heavy atom. The number of hydrogen-bond donors (Lipinski definition) is 1. The quantitative estimate of drug-likeness (QED) is 0.695. The standard InChI is InChI=1S/C16H24O3/c1-3-4-10-19-11-9-15(16(17)18)12-14-7-5-13(2)6-8-14/h5-8,15H,3-4,9-12H2,1-2H3,(H,17,18). The summed E-state index contributed by atoms with van der Waals surface area (Å²) in [5.74, 6) is -1.09. The summed E-state index contributed by atoms with van der Waals surface area (Å²) >= 11 is 0. The van der Waals surface area contributed by atoms with Crippen LogP contribution in [0.5, 0.6) is 0 Å². The van der Waals surface area contributed by atoms with Gasteiger partial charge in [0.15, 0.2) is 0 Å². The Labute approximate surface area is 115 Å². The monoisotopic (exact) mass is 264 g/mol. The number of unbranched alkanes of at least 4 members (excludes halogenated alkanes) is 1. The lowest BCUT2D eigenvalue weighted by Crippen LogP contribution is -2.18. The molecule has 19 heavy (non-hydrogen) atoms. The van der Waals surface area contributed by atoms with Gasteiger partial charge >= 0.3 is 5.97 Å². The molecule has 0 aliphatic carbocycles. The Morgan fingerprint density at radius 3 is 2.53 bits per heavy atom. The molecule has 1 rings (SSSR count). The zero-order chi connectivity index (χ0) is 14.1. The maximum atomic E-state index is 11.2. The van der Waals surface area contributed by atoms with Crippen molar-refractivity contribution in [1.29, 1.82) is 0 Å². The van der Waals surface area contributed by atoms with Crippen LogP contribution in [-0.2, 0) is 16.0 Å². The third-order valence-corrected chi connectivity index (χ3v) is 3.20. The number of aliphatic carboxylic acids is 1. The molecule has 1 aromatic carbocycles. The number of benzene rings is 1. The molecule has 3 nitrogen and oxygen atoms in total. The highest BCUT2D eigenvalue weighted by Crippen LogP contribution is 2.14. The van der Waals surface area contributed by atoms with Crippen molar-refractivity contribution >= 4 is 5.97 Å². The van der Waals surface area contributed by atoms with E-state index in [9.17, 15) is 9.90 Å². The van der Waals surface area contributed by atoms with Crippen LogP contribution in [0, 0.1) is 12.8 Å². The molecule has 106 valence electrons. The first-order valence-electron chi connectivity index (χ1n) is 6.99. The van der Waals surface area contributed by atoms with E-state index >= 15 is 0 Å². The first kappa shape index (κ1) is 15.7. The Kier molecular flexibility index (Phi) is 7.19. The molecule has 0 aliphatic heterocycles. The molecule has 0 saturated carbocycles. The highest BCUT2D eigenvalue weighted by Gasteiger charge is 2.17. The van der Waals surface area contributed by atoms with Crippen LogP contribution in [0.4, 0.5) is 0 Å². The van der Waals surface area contributed by atoms with Gasteiger partial charge in [-0.1, -0.05) is 43.2 Å². The van der Waals surface area contributed by atoms with Crippen molar-refractivity contribution in [3.63, 3.8) is 0 Å². The summed E-state index contributed by atoms with van der Waals surface area (Å²) in [6, 6.07) is 8.05. The van der Waals surface area contributed by atoms with Crippen molar-refractivity contribution < 1.29 is 14.6 Å². The van der Waals surface area contributed by atoms with Crippen LogP contribution in [-0.4, -0.2) is 24.3 Å². The zero-order valence-electron chi connectivity index (χ0n) is 11.9. The van der Waals surface area contributed by atoms with Crippen LogP contribution in [0.2, 0.25) is 0 Å². The largest absolute Gasteiger partial charge is 0.481 e. The van der Waals surface area contributed by atoms with Crippen LogP contribution in [0.1, 0.15) is 37.3 Å². The lowest BCUT2D eigenvalue weighted by molar-refractivity contribution is -0.142. The number of ether oxygens (including phenoxy) is 1. The summed E-state index contributed by atoms with van der Waals surface area (Å²) in [6.45, 7) is 5.40. The molecule has 3 heteroatoms. The lowest BCUT2D eigenvalue weighted by atomic mass is 9.96. The van der Waals surface area contributed by atoms with Crippen molar-refractivity contribution in [1.82, 2.24) is 0 Å². The van der Waals surface area contributed by atoms with Crippen LogP contribution in [0.25, 0.3) is 0 Å². The first-order chi connectivity index (χ1) is 9.13. The molecule has 0 fully saturated rings. The number of carboxylic acid groups (broad SMARTS) is 1. The van der Waals surface area contributed by atoms with E-state index < -0.39 is 5.97 Å². The summed E-state index contributed by atoms with van der Waals surface area (Å²) in [5.41, 5.74) is 2.27. The van der Waals surface area contributed by atoms with E-state index in [2.05, 4.69) is 6.92 Å². The second-order valence-corrected chi connectivity index (χ2v) is 4.98. The minimum Gasteiger partial charge on any atom is -0.481 e. The number of hydrogen-bond acceptors (Lipinski definition) is 2. The van der Waals surface area contributed by atoms with Gasteiger partial charge in [-0.2, -0.15) is 0 Å². The predicted molar refractivity (Wildman–Crippen MR) is 76.4 cm³/mol. The van der Waals surface area contributed by atoms with Crippen LogP contribution < -0.4 is 0 Å². The van der Waals surface area contributed by atoms with Gasteiger partial charge < -0.3 is 9.84 Å². The van der Waals surface area contributed by atoms with Gasteiger partial charge in [0.05, 0.1) is 5.92 Å². The summed E-state index contributed by atoms with van der Waals surface area (Å²) < 4.78 is 5.45. The Hall–Kier alpha value is -1.35. The highest BCUT2D eigenvalue weighted by molar-refractivity contribution is 5.70. The van der Waals surface area contributed by atoms with E-state index in [1.807, 2.05) is 31.2 Å². The van der Waals surface area contributed by atoms with Crippen molar-refractivity contribution in [2.24, 2.45) is 5.92 Å². The minimum atomic E-state index is -0.736. The van der Waals surface area contributed by atoms with Gasteiger partial charge in [0.2, 0.25) is 0 Å².